The van der Waals surface area contributed by atoms with E-state index in [9.17, 15) is 0 Å². The number of hydrogen-bond acceptors (Lipinski definition) is 2. The van der Waals surface area contributed by atoms with E-state index in [2.05, 4.69) is 45.8 Å². The quantitative estimate of drug-likeness (QED) is 0.699. The van der Waals surface area contributed by atoms with Crippen molar-refractivity contribution in [2.24, 2.45) is 5.41 Å². The van der Waals surface area contributed by atoms with Crippen LogP contribution in [-0.2, 0) is 6.42 Å². The topological polar surface area (TPSA) is 26.0 Å². The van der Waals surface area contributed by atoms with E-state index in [1.807, 2.05) is 0 Å². The largest absolute Gasteiger partial charge is 0.361 e. The molecule has 0 bridgehead atoms. The summed E-state index contributed by atoms with van der Waals surface area (Å²) in [4.78, 5) is 0. The van der Waals surface area contributed by atoms with E-state index >= 15 is 0 Å². The lowest BCUT2D eigenvalue weighted by molar-refractivity contribution is 0.348. The Morgan fingerprint density at radius 2 is 2.00 bits per heavy atom. The maximum Gasteiger partial charge on any atom is 0.139 e. The summed E-state index contributed by atoms with van der Waals surface area (Å²) in [5.74, 6) is 1.42. The van der Waals surface area contributed by atoms with Crippen molar-refractivity contribution in [2.45, 2.75) is 47.0 Å². The van der Waals surface area contributed by atoms with E-state index in [-0.39, 0.29) is 5.41 Å². The van der Waals surface area contributed by atoms with Crippen molar-refractivity contribution in [1.82, 2.24) is 5.16 Å². The summed E-state index contributed by atoms with van der Waals surface area (Å²) in [6, 6.07) is 2.07. The number of aromatic nitrogens is 1. The van der Waals surface area contributed by atoms with Crippen LogP contribution in [0.1, 0.15) is 52.0 Å². The second-order valence-corrected chi connectivity index (χ2v) is 5.11. The summed E-state index contributed by atoms with van der Waals surface area (Å²) >= 11 is 0. The molecule has 0 N–H and O–H groups in total. The Balaban J connectivity index is 2.70. The zero-order valence-corrected chi connectivity index (χ0v) is 9.22. The second-order valence-electron chi connectivity index (χ2n) is 5.11. The Morgan fingerprint density at radius 3 is 2.38 bits per heavy atom. The fourth-order valence-electron chi connectivity index (χ4n) is 1.23. The van der Waals surface area contributed by atoms with E-state index < -0.39 is 0 Å². The zero-order chi connectivity index (χ0) is 10.1. The Hall–Kier alpha value is -0.790. The molecule has 1 aromatic rings. The van der Waals surface area contributed by atoms with Crippen LogP contribution < -0.4 is 0 Å². The highest BCUT2D eigenvalue weighted by molar-refractivity contribution is 5.09. The maximum absolute atomic E-state index is 5.22. The van der Waals surface area contributed by atoms with Gasteiger partial charge in [-0.1, -0.05) is 39.8 Å². The van der Waals surface area contributed by atoms with Gasteiger partial charge in [0.15, 0.2) is 0 Å². The van der Waals surface area contributed by atoms with Crippen LogP contribution in [0.4, 0.5) is 0 Å². The highest BCUT2D eigenvalue weighted by Gasteiger charge is 2.15. The summed E-state index contributed by atoms with van der Waals surface area (Å²) in [6.45, 7) is 10.8. The first-order valence-corrected chi connectivity index (χ1v) is 4.84. The molecule has 0 saturated carbocycles. The molecule has 0 amide bonds. The molecule has 1 heterocycles. The average molecular weight is 181 g/mol. The molecule has 1 rings (SSSR count). The molecule has 13 heavy (non-hydrogen) atoms. The van der Waals surface area contributed by atoms with Crippen molar-refractivity contribution in [1.29, 1.82) is 0 Å². The van der Waals surface area contributed by atoms with Gasteiger partial charge in [-0.3, -0.25) is 0 Å². The van der Waals surface area contributed by atoms with Crippen molar-refractivity contribution in [3.05, 3.63) is 17.5 Å². The fourth-order valence-corrected chi connectivity index (χ4v) is 1.23. The summed E-state index contributed by atoms with van der Waals surface area (Å²) in [5, 5.41) is 4.05. The third kappa shape index (κ3) is 3.21. The molecule has 74 valence electrons. The van der Waals surface area contributed by atoms with Gasteiger partial charge >= 0.3 is 0 Å². The van der Waals surface area contributed by atoms with Gasteiger partial charge in [-0.05, 0) is 11.8 Å². The lowest BCUT2D eigenvalue weighted by atomic mass is 9.90. The van der Waals surface area contributed by atoms with E-state index in [0.29, 0.717) is 5.92 Å². The van der Waals surface area contributed by atoms with Crippen molar-refractivity contribution in [3.8, 4) is 0 Å². The Bertz CT molecular complexity index is 268. The molecule has 2 heteroatoms. The van der Waals surface area contributed by atoms with Gasteiger partial charge in [0.2, 0.25) is 0 Å². The van der Waals surface area contributed by atoms with E-state index in [1.165, 1.54) is 0 Å². The lowest BCUT2D eigenvalue weighted by Crippen LogP contribution is -2.09. The molecule has 0 atom stereocenters. The van der Waals surface area contributed by atoms with Crippen molar-refractivity contribution in [2.75, 3.05) is 0 Å². The monoisotopic (exact) mass is 181 g/mol. The molecular formula is C11H19NO. The SMILES string of the molecule is CC(C)c1cc(CC(C)(C)C)no1. The Labute approximate surface area is 80.3 Å². The molecule has 0 saturated heterocycles. The highest BCUT2D eigenvalue weighted by atomic mass is 16.5. The average Bonchev–Trinajstić information content (AvgIpc) is 2.31. The molecule has 0 spiro atoms. The van der Waals surface area contributed by atoms with Gasteiger partial charge in [0.25, 0.3) is 0 Å². The van der Waals surface area contributed by atoms with Crippen LogP contribution in [0, 0.1) is 5.41 Å². The van der Waals surface area contributed by atoms with Gasteiger partial charge in [0.1, 0.15) is 5.76 Å². The molecule has 0 aromatic carbocycles. The van der Waals surface area contributed by atoms with Crippen LogP contribution in [0.2, 0.25) is 0 Å². The predicted molar refractivity (Wildman–Crippen MR) is 53.8 cm³/mol. The van der Waals surface area contributed by atoms with Gasteiger partial charge in [0.05, 0.1) is 5.69 Å². The third-order valence-corrected chi connectivity index (χ3v) is 1.86. The summed E-state index contributed by atoms with van der Waals surface area (Å²) in [6.07, 6.45) is 0.975. The minimum Gasteiger partial charge on any atom is -0.361 e. The lowest BCUT2D eigenvalue weighted by Gasteiger charge is -2.15. The molecule has 0 radical (unpaired) electrons. The molecular weight excluding hydrogens is 162 g/mol. The first kappa shape index (κ1) is 10.3. The number of rotatable bonds is 2. The molecule has 0 unspecified atom stereocenters. The molecule has 2 nitrogen and oxygen atoms in total. The van der Waals surface area contributed by atoms with Crippen LogP contribution in [0.3, 0.4) is 0 Å². The zero-order valence-electron chi connectivity index (χ0n) is 9.22. The second kappa shape index (κ2) is 3.52. The van der Waals surface area contributed by atoms with Crippen LogP contribution >= 0.6 is 0 Å². The minimum atomic E-state index is 0.283. The van der Waals surface area contributed by atoms with Crippen molar-refractivity contribution in [3.63, 3.8) is 0 Å². The van der Waals surface area contributed by atoms with Crippen LogP contribution in [-0.4, -0.2) is 5.16 Å². The van der Waals surface area contributed by atoms with Crippen LogP contribution in [0.15, 0.2) is 10.6 Å². The molecule has 1 aromatic heterocycles. The van der Waals surface area contributed by atoms with E-state index in [1.54, 1.807) is 0 Å². The number of hydrogen-bond donors (Lipinski definition) is 0. The van der Waals surface area contributed by atoms with Crippen LogP contribution in [0.25, 0.3) is 0 Å². The fraction of sp³-hybridized carbons (Fsp3) is 0.727. The first-order valence-electron chi connectivity index (χ1n) is 4.84. The smallest absolute Gasteiger partial charge is 0.139 e. The predicted octanol–water partition coefficient (Wildman–Crippen LogP) is 3.39. The van der Waals surface area contributed by atoms with Gasteiger partial charge in [-0.15, -0.1) is 0 Å². The Morgan fingerprint density at radius 1 is 1.38 bits per heavy atom. The van der Waals surface area contributed by atoms with Crippen molar-refractivity contribution >= 4 is 0 Å². The summed E-state index contributed by atoms with van der Waals surface area (Å²) in [5.41, 5.74) is 1.35. The van der Waals surface area contributed by atoms with Crippen molar-refractivity contribution < 1.29 is 4.52 Å². The van der Waals surface area contributed by atoms with Crippen LogP contribution in [0.5, 0.6) is 0 Å². The molecule has 0 aliphatic carbocycles. The molecule has 0 fully saturated rings. The summed E-state index contributed by atoms with van der Waals surface area (Å²) in [7, 11) is 0. The maximum atomic E-state index is 5.22. The van der Waals surface area contributed by atoms with Gasteiger partial charge in [0, 0.05) is 12.0 Å². The number of nitrogens with zero attached hydrogens (tertiary/aromatic N) is 1. The Kier molecular flexibility index (Phi) is 2.79. The minimum absolute atomic E-state index is 0.283. The van der Waals surface area contributed by atoms with Gasteiger partial charge in [-0.25, -0.2) is 0 Å². The normalized spacial score (nSPS) is 12.5. The standard InChI is InChI=1S/C11H19NO/c1-8(2)10-6-9(12-13-10)7-11(3,4)5/h6,8H,7H2,1-5H3. The van der Waals surface area contributed by atoms with Gasteiger partial charge < -0.3 is 4.52 Å². The first-order chi connectivity index (χ1) is 5.88. The molecule has 0 aliphatic rings. The highest BCUT2D eigenvalue weighted by Crippen LogP contribution is 2.22. The summed E-state index contributed by atoms with van der Waals surface area (Å²) < 4.78 is 5.22. The molecule has 0 aliphatic heterocycles. The third-order valence-electron chi connectivity index (χ3n) is 1.86. The van der Waals surface area contributed by atoms with Gasteiger partial charge in [-0.2, -0.15) is 0 Å². The van der Waals surface area contributed by atoms with E-state index in [0.717, 1.165) is 17.9 Å². The van der Waals surface area contributed by atoms with E-state index in [4.69, 9.17) is 4.52 Å².